The summed E-state index contributed by atoms with van der Waals surface area (Å²) in [5.41, 5.74) is 1.54. The van der Waals surface area contributed by atoms with Crippen molar-refractivity contribution in [3.8, 4) is 0 Å². The average molecular weight is 450 g/mol. The van der Waals surface area contributed by atoms with Crippen molar-refractivity contribution in [2.45, 2.75) is 19.8 Å². The Bertz CT molecular complexity index is 1120. The fourth-order valence-electron chi connectivity index (χ4n) is 4.71. The summed E-state index contributed by atoms with van der Waals surface area (Å²) in [6, 6.07) is 16.0. The zero-order valence-electron chi connectivity index (χ0n) is 18.4. The molecule has 2 aromatic carbocycles. The Kier molecular flexibility index (Phi) is 5.87. The maximum absolute atomic E-state index is 13.2. The van der Waals surface area contributed by atoms with E-state index in [0.29, 0.717) is 11.6 Å². The number of piperazine rings is 1. The summed E-state index contributed by atoms with van der Waals surface area (Å²) in [6.45, 7) is 7.18. The molecule has 7 heteroatoms. The van der Waals surface area contributed by atoms with E-state index in [1.807, 2.05) is 41.3 Å². The van der Waals surface area contributed by atoms with Crippen molar-refractivity contribution in [2.24, 2.45) is 5.92 Å². The average Bonchev–Trinajstić information content (AvgIpc) is 2.84. The molecule has 0 unspecified atom stereocenters. The Morgan fingerprint density at radius 3 is 2.19 bits per heavy atom. The first-order chi connectivity index (χ1) is 15.6. The number of hydrogen-bond acceptors (Lipinski definition) is 5. The Morgan fingerprint density at radius 1 is 0.844 bits per heavy atom. The van der Waals surface area contributed by atoms with Crippen LogP contribution in [0.4, 0.5) is 11.5 Å². The minimum atomic E-state index is -0.00399. The predicted molar refractivity (Wildman–Crippen MR) is 130 cm³/mol. The molecule has 0 N–H and O–H groups in total. The molecular weight excluding hydrogens is 422 g/mol. The number of hydrogen-bond donors (Lipinski definition) is 0. The number of amides is 1. The van der Waals surface area contributed by atoms with E-state index in [0.717, 1.165) is 79.4 Å². The largest absolute Gasteiger partial charge is 0.367 e. The number of halogens is 1. The molecule has 1 amide bonds. The summed E-state index contributed by atoms with van der Waals surface area (Å²) >= 11 is 6.39. The maximum Gasteiger partial charge on any atom is 0.275 e. The highest BCUT2D eigenvalue weighted by molar-refractivity contribution is 6.33. The van der Waals surface area contributed by atoms with Crippen LogP contribution >= 0.6 is 11.6 Å². The quantitative estimate of drug-likeness (QED) is 0.590. The molecule has 3 heterocycles. The fourth-order valence-corrected chi connectivity index (χ4v) is 4.97. The van der Waals surface area contributed by atoms with Crippen molar-refractivity contribution in [1.29, 1.82) is 0 Å². The van der Waals surface area contributed by atoms with E-state index in [-0.39, 0.29) is 5.91 Å². The molecule has 0 radical (unpaired) electrons. The number of aromatic nitrogens is 2. The topological polar surface area (TPSA) is 52.6 Å². The van der Waals surface area contributed by atoms with Crippen molar-refractivity contribution in [3.05, 3.63) is 59.2 Å². The second-order valence-electron chi connectivity index (χ2n) is 8.82. The first kappa shape index (κ1) is 21.0. The minimum absolute atomic E-state index is 0.00399. The molecule has 32 heavy (non-hydrogen) atoms. The van der Waals surface area contributed by atoms with Crippen LogP contribution in [0.1, 0.15) is 30.3 Å². The zero-order chi connectivity index (χ0) is 22.1. The van der Waals surface area contributed by atoms with Crippen molar-refractivity contribution in [1.82, 2.24) is 15.1 Å². The van der Waals surface area contributed by atoms with E-state index >= 15 is 0 Å². The van der Waals surface area contributed by atoms with Gasteiger partial charge >= 0.3 is 0 Å². The molecule has 5 rings (SSSR count). The van der Waals surface area contributed by atoms with Gasteiger partial charge in [0.1, 0.15) is 0 Å². The number of nitrogens with zero attached hydrogens (tertiary/aromatic N) is 5. The van der Waals surface area contributed by atoms with Gasteiger partial charge < -0.3 is 14.7 Å². The first-order valence-corrected chi connectivity index (χ1v) is 11.8. The van der Waals surface area contributed by atoms with Crippen LogP contribution in [0.3, 0.4) is 0 Å². The Balaban J connectivity index is 1.39. The van der Waals surface area contributed by atoms with E-state index in [2.05, 4.69) is 39.1 Å². The van der Waals surface area contributed by atoms with E-state index in [4.69, 9.17) is 11.6 Å². The monoisotopic (exact) mass is 449 g/mol. The van der Waals surface area contributed by atoms with Crippen molar-refractivity contribution >= 4 is 39.8 Å². The molecule has 3 aromatic rings. The number of likely N-dealkylation sites (tertiary alicyclic amines) is 1. The van der Waals surface area contributed by atoms with Gasteiger partial charge in [-0.05, 0) is 30.9 Å². The summed E-state index contributed by atoms with van der Waals surface area (Å²) in [5, 5.41) is 11.7. The van der Waals surface area contributed by atoms with Gasteiger partial charge in [0.2, 0.25) is 0 Å². The number of fused-ring (bicyclic) bond motifs is 1. The number of piperidine rings is 1. The molecule has 6 nitrogen and oxygen atoms in total. The summed E-state index contributed by atoms with van der Waals surface area (Å²) in [5.74, 6) is 1.52. The third-order valence-corrected chi connectivity index (χ3v) is 7.03. The number of carbonyl (C=O) groups is 1. The number of anilines is 2. The molecular formula is C25H28ClN5O. The number of carbonyl (C=O) groups excluding carboxylic acids is 1. The van der Waals surface area contributed by atoms with Gasteiger partial charge in [0.15, 0.2) is 11.5 Å². The highest BCUT2D eigenvalue weighted by Gasteiger charge is 2.27. The van der Waals surface area contributed by atoms with Crippen LogP contribution in [0, 0.1) is 5.92 Å². The number of rotatable bonds is 3. The SMILES string of the molecule is CC1CCN(C(=O)c2nnc(N3CCN(c4ccccc4Cl)CC3)c3ccccc23)CC1. The molecule has 0 spiro atoms. The van der Waals surface area contributed by atoms with Crippen LogP contribution in [0.2, 0.25) is 5.02 Å². The van der Waals surface area contributed by atoms with Crippen LogP contribution in [0.15, 0.2) is 48.5 Å². The van der Waals surface area contributed by atoms with Crippen molar-refractivity contribution in [3.63, 3.8) is 0 Å². The molecule has 2 saturated heterocycles. The molecule has 0 saturated carbocycles. The Labute approximate surface area is 193 Å². The molecule has 2 aliphatic heterocycles. The normalized spacial score (nSPS) is 17.8. The Morgan fingerprint density at radius 2 is 1.47 bits per heavy atom. The predicted octanol–water partition coefficient (Wildman–Crippen LogP) is 4.48. The molecule has 0 aliphatic carbocycles. The lowest BCUT2D eigenvalue weighted by atomic mass is 9.98. The summed E-state index contributed by atoms with van der Waals surface area (Å²) in [7, 11) is 0. The molecule has 166 valence electrons. The Hall–Kier alpha value is -2.86. The smallest absolute Gasteiger partial charge is 0.275 e. The van der Waals surface area contributed by atoms with E-state index in [9.17, 15) is 4.79 Å². The standard InChI is InChI=1S/C25H28ClN5O/c1-18-10-12-31(13-11-18)25(32)23-19-6-2-3-7-20(19)24(28-27-23)30-16-14-29(15-17-30)22-9-5-4-8-21(22)26/h2-9,18H,10-17H2,1H3. The summed E-state index contributed by atoms with van der Waals surface area (Å²) in [4.78, 5) is 19.7. The van der Waals surface area contributed by atoms with Gasteiger partial charge in [0, 0.05) is 50.0 Å². The molecule has 2 aliphatic rings. The van der Waals surface area contributed by atoms with Gasteiger partial charge in [-0.3, -0.25) is 4.79 Å². The molecule has 0 bridgehead atoms. The van der Waals surface area contributed by atoms with Gasteiger partial charge in [-0.15, -0.1) is 10.2 Å². The second kappa shape index (κ2) is 8.94. The fraction of sp³-hybridized carbons (Fsp3) is 0.400. The van der Waals surface area contributed by atoms with E-state index < -0.39 is 0 Å². The van der Waals surface area contributed by atoms with Gasteiger partial charge in [-0.1, -0.05) is 54.9 Å². The third-order valence-electron chi connectivity index (χ3n) is 6.71. The summed E-state index contributed by atoms with van der Waals surface area (Å²) < 4.78 is 0. The molecule has 0 atom stereocenters. The summed E-state index contributed by atoms with van der Waals surface area (Å²) in [6.07, 6.45) is 2.09. The van der Waals surface area contributed by atoms with Gasteiger partial charge in [0.25, 0.3) is 5.91 Å². The van der Waals surface area contributed by atoms with Crippen LogP contribution in [0.5, 0.6) is 0 Å². The van der Waals surface area contributed by atoms with Crippen LogP contribution in [0.25, 0.3) is 10.8 Å². The number of benzene rings is 2. The highest BCUT2D eigenvalue weighted by Crippen LogP contribution is 2.30. The lowest BCUT2D eigenvalue weighted by Gasteiger charge is -2.37. The van der Waals surface area contributed by atoms with Gasteiger partial charge in [-0.25, -0.2) is 0 Å². The lowest BCUT2D eigenvalue weighted by Crippen LogP contribution is -2.47. The van der Waals surface area contributed by atoms with Crippen molar-refractivity contribution < 1.29 is 4.79 Å². The van der Waals surface area contributed by atoms with Crippen LogP contribution in [-0.4, -0.2) is 60.3 Å². The van der Waals surface area contributed by atoms with Crippen LogP contribution in [-0.2, 0) is 0 Å². The number of para-hydroxylation sites is 1. The van der Waals surface area contributed by atoms with Crippen molar-refractivity contribution in [2.75, 3.05) is 49.1 Å². The maximum atomic E-state index is 13.2. The second-order valence-corrected chi connectivity index (χ2v) is 9.23. The zero-order valence-corrected chi connectivity index (χ0v) is 19.1. The molecule has 2 fully saturated rings. The van der Waals surface area contributed by atoms with E-state index in [1.54, 1.807) is 0 Å². The lowest BCUT2D eigenvalue weighted by molar-refractivity contribution is 0.0692. The minimum Gasteiger partial charge on any atom is -0.367 e. The molecule has 1 aromatic heterocycles. The highest BCUT2D eigenvalue weighted by atomic mass is 35.5. The van der Waals surface area contributed by atoms with Gasteiger partial charge in [-0.2, -0.15) is 0 Å². The van der Waals surface area contributed by atoms with Crippen LogP contribution < -0.4 is 9.80 Å². The van der Waals surface area contributed by atoms with Gasteiger partial charge in [0.05, 0.1) is 10.7 Å². The van der Waals surface area contributed by atoms with E-state index in [1.165, 1.54) is 0 Å². The third kappa shape index (κ3) is 3.99. The first-order valence-electron chi connectivity index (χ1n) is 11.4.